The Morgan fingerprint density at radius 1 is 1.50 bits per heavy atom. The first-order valence-corrected chi connectivity index (χ1v) is 6.98. The number of aromatic nitrogens is 3. The minimum atomic E-state index is -0.937. The fourth-order valence-electron chi connectivity index (χ4n) is 3.01. The van der Waals surface area contributed by atoms with E-state index in [0.29, 0.717) is 0 Å². The molecular formula is C13H17N5O5W. The van der Waals surface area contributed by atoms with Crippen LogP contribution in [0.5, 0.6) is 0 Å². The van der Waals surface area contributed by atoms with Gasteiger partial charge in [-0.05, 0) is 0 Å². The van der Waals surface area contributed by atoms with Gasteiger partial charge < -0.3 is 20.7 Å². The summed E-state index contributed by atoms with van der Waals surface area (Å²) in [5, 5.41) is 31.1. The predicted octanol–water partition coefficient (Wildman–Crippen LogP) is 0.196. The monoisotopic (exact) mass is 507 g/mol. The third-order valence-electron chi connectivity index (χ3n) is 4.30. The summed E-state index contributed by atoms with van der Waals surface area (Å²) in [6.07, 6.45) is 0.00743. The van der Waals surface area contributed by atoms with Crippen LogP contribution in [0.15, 0.2) is 12.5 Å². The van der Waals surface area contributed by atoms with E-state index in [2.05, 4.69) is 9.97 Å². The molecule has 0 radical (unpaired) electrons. The smallest absolute Gasteiger partial charge is 0.300 e. The molecule has 130 valence electrons. The summed E-state index contributed by atoms with van der Waals surface area (Å²) in [5.41, 5.74) is 4.96. The minimum absolute atomic E-state index is 0. The predicted molar refractivity (Wildman–Crippen MR) is 79.4 cm³/mol. The van der Waals surface area contributed by atoms with Crippen molar-refractivity contribution in [1.82, 2.24) is 14.5 Å². The quantitative estimate of drug-likeness (QED) is 0.394. The Labute approximate surface area is 151 Å². The van der Waals surface area contributed by atoms with Gasteiger partial charge in [-0.15, -0.1) is 0 Å². The molecule has 0 bridgehead atoms. The van der Waals surface area contributed by atoms with Crippen LogP contribution in [0.25, 0.3) is 11.0 Å². The summed E-state index contributed by atoms with van der Waals surface area (Å²) < 4.78 is 7.17. The second-order valence-corrected chi connectivity index (χ2v) is 6.11. The van der Waals surface area contributed by atoms with Crippen molar-refractivity contribution in [2.24, 2.45) is 5.41 Å². The van der Waals surface area contributed by atoms with Crippen molar-refractivity contribution >= 4 is 22.5 Å². The first-order valence-electron chi connectivity index (χ1n) is 6.98. The van der Waals surface area contributed by atoms with Gasteiger partial charge in [0, 0.05) is 26.5 Å². The van der Waals surface area contributed by atoms with Crippen molar-refractivity contribution in [3.63, 3.8) is 0 Å². The van der Waals surface area contributed by atoms with Crippen LogP contribution in [0.4, 0.5) is 11.5 Å². The van der Waals surface area contributed by atoms with Gasteiger partial charge in [0.25, 0.3) is 5.69 Å². The van der Waals surface area contributed by atoms with Crippen molar-refractivity contribution in [1.29, 1.82) is 0 Å². The van der Waals surface area contributed by atoms with Gasteiger partial charge in [0.2, 0.25) is 0 Å². The van der Waals surface area contributed by atoms with Crippen molar-refractivity contribution in [3.8, 4) is 0 Å². The van der Waals surface area contributed by atoms with Crippen LogP contribution in [0, 0.1) is 15.5 Å². The van der Waals surface area contributed by atoms with E-state index in [1.807, 2.05) is 0 Å². The van der Waals surface area contributed by atoms with E-state index in [4.69, 9.17) is 10.5 Å². The molecular weight excluding hydrogens is 490 g/mol. The molecule has 1 aliphatic heterocycles. The number of rotatable bonds is 3. The van der Waals surface area contributed by atoms with E-state index in [9.17, 15) is 20.3 Å². The summed E-state index contributed by atoms with van der Waals surface area (Å²) in [4.78, 5) is 18.6. The van der Waals surface area contributed by atoms with Crippen LogP contribution in [0.1, 0.15) is 20.1 Å². The maximum Gasteiger partial charge on any atom is 0.300 e. The average molecular weight is 507 g/mol. The standard InChI is InChI=1S/C13H17N5O5.W/c1-13(2)9(20)7(4-19)23-12(13)17-3-6(18(21)22)8-10(14)15-5-16-11(8)17;/h3,5,7,9,12,19-20H,4H2,1-2H3,(H2,14,15,16);/t7?,9?,12-;/m1./s1. The van der Waals surface area contributed by atoms with E-state index in [1.54, 1.807) is 13.8 Å². The number of anilines is 1. The van der Waals surface area contributed by atoms with Gasteiger partial charge in [-0.2, -0.15) is 0 Å². The molecule has 1 aliphatic rings. The van der Waals surface area contributed by atoms with Gasteiger partial charge in [-0.25, -0.2) is 9.97 Å². The number of nitro groups is 1. The zero-order valence-corrected chi connectivity index (χ0v) is 15.9. The maximum absolute atomic E-state index is 11.3. The van der Waals surface area contributed by atoms with Crippen LogP contribution in [-0.2, 0) is 25.8 Å². The number of aliphatic hydroxyl groups excluding tert-OH is 2. The zero-order valence-electron chi connectivity index (χ0n) is 13.0. The van der Waals surface area contributed by atoms with Gasteiger partial charge in [-0.1, -0.05) is 13.8 Å². The van der Waals surface area contributed by atoms with Crippen LogP contribution in [0.2, 0.25) is 0 Å². The van der Waals surface area contributed by atoms with Crippen LogP contribution < -0.4 is 5.73 Å². The molecule has 0 amide bonds. The Balaban J connectivity index is 0.00000208. The molecule has 2 aromatic heterocycles. The van der Waals surface area contributed by atoms with Gasteiger partial charge in [0.15, 0.2) is 5.65 Å². The minimum Gasteiger partial charge on any atom is -0.394 e. The molecule has 3 atom stereocenters. The van der Waals surface area contributed by atoms with E-state index in [0.717, 1.165) is 0 Å². The van der Waals surface area contributed by atoms with Crippen molar-refractivity contribution < 1.29 is 40.9 Å². The third kappa shape index (κ3) is 2.59. The Bertz CT molecular complexity index is 779. The van der Waals surface area contributed by atoms with Crippen LogP contribution in [0.3, 0.4) is 0 Å². The van der Waals surface area contributed by atoms with Gasteiger partial charge in [0.05, 0.1) is 23.8 Å². The van der Waals surface area contributed by atoms with Crippen LogP contribution >= 0.6 is 0 Å². The Morgan fingerprint density at radius 2 is 2.17 bits per heavy atom. The number of aliphatic hydroxyl groups is 2. The molecule has 1 fully saturated rings. The van der Waals surface area contributed by atoms with E-state index < -0.39 is 28.8 Å². The first-order chi connectivity index (χ1) is 10.8. The number of ether oxygens (including phenoxy) is 1. The average Bonchev–Trinajstić information content (AvgIpc) is 2.97. The number of nitrogen functional groups attached to an aromatic ring is 1. The van der Waals surface area contributed by atoms with Crippen molar-refractivity contribution in [3.05, 3.63) is 22.6 Å². The fourth-order valence-corrected chi connectivity index (χ4v) is 3.01. The van der Waals surface area contributed by atoms with Gasteiger partial charge >= 0.3 is 0 Å². The number of nitrogens with zero attached hydrogens (tertiary/aromatic N) is 4. The molecule has 3 heterocycles. The topological polar surface area (TPSA) is 150 Å². The third-order valence-corrected chi connectivity index (χ3v) is 4.30. The van der Waals surface area contributed by atoms with Gasteiger partial charge in [-0.3, -0.25) is 14.7 Å². The molecule has 2 aromatic rings. The molecule has 1 saturated heterocycles. The Kier molecular flexibility index (Phi) is 4.96. The molecule has 24 heavy (non-hydrogen) atoms. The number of hydrogen-bond acceptors (Lipinski definition) is 8. The SMILES string of the molecule is CC1(C)C(O)C(CO)O[C@H]1n1cc([N+](=O)[O-])c2c(N)ncnc21.[W]. The van der Waals surface area contributed by atoms with E-state index in [1.165, 1.54) is 17.1 Å². The van der Waals surface area contributed by atoms with Gasteiger partial charge in [0.1, 0.15) is 29.9 Å². The molecule has 0 saturated carbocycles. The molecule has 4 N–H and O–H groups in total. The van der Waals surface area contributed by atoms with E-state index in [-0.39, 0.29) is 50.2 Å². The largest absolute Gasteiger partial charge is 0.394 e. The molecule has 0 aromatic carbocycles. The normalized spacial score (nSPS) is 25.6. The molecule has 10 nitrogen and oxygen atoms in total. The molecule has 0 spiro atoms. The first kappa shape index (κ1) is 18.7. The Hall–Kier alpha value is -1.61. The zero-order chi connectivity index (χ0) is 16.9. The molecule has 3 rings (SSSR count). The van der Waals surface area contributed by atoms with Crippen molar-refractivity contribution in [2.45, 2.75) is 32.3 Å². The summed E-state index contributed by atoms with van der Waals surface area (Å²) in [6.45, 7) is 3.14. The summed E-state index contributed by atoms with van der Waals surface area (Å²) in [7, 11) is 0. The molecule has 2 unspecified atom stereocenters. The summed E-state index contributed by atoms with van der Waals surface area (Å²) in [5.74, 6) is -0.00416. The summed E-state index contributed by atoms with van der Waals surface area (Å²) >= 11 is 0. The number of hydrogen-bond donors (Lipinski definition) is 3. The fraction of sp³-hybridized carbons (Fsp3) is 0.538. The Morgan fingerprint density at radius 3 is 2.71 bits per heavy atom. The second-order valence-electron chi connectivity index (χ2n) is 6.11. The number of fused-ring (bicyclic) bond motifs is 1. The summed E-state index contributed by atoms with van der Waals surface area (Å²) in [6, 6.07) is 0. The van der Waals surface area contributed by atoms with Crippen molar-refractivity contribution in [2.75, 3.05) is 12.3 Å². The maximum atomic E-state index is 11.3. The number of nitrogens with two attached hydrogens (primary N) is 1. The molecule has 11 heteroatoms. The molecule has 0 aliphatic carbocycles. The van der Waals surface area contributed by atoms with E-state index >= 15 is 0 Å². The van der Waals surface area contributed by atoms with Crippen LogP contribution in [-0.4, -0.2) is 48.5 Å². The second kappa shape index (κ2) is 6.36.